The number of hydrogen-bond donors (Lipinski definition) is 0. The van der Waals surface area contributed by atoms with Gasteiger partial charge >= 0.3 is 0 Å². The standard InChI is InChI=1S/C13H9BrClN3/c1-8-5-12(15)18-13(16-8)7-11(17-18)9-3-2-4-10(14)6-9/h2-7H,1H3. The number of aromatic nitrogens is 3. The Balaban J connectivity index is 2.22. The first kappa shape index (κ1) is 11.7. The maximum Gasteiger partial charge on any atom is 0.157 e. The minimum atomic E-state index is 0.568. The first-order valence-electron chi connectivity index (χ1n) is 5.42. The molecule has 5 heteroatoms. The molecule has 3 nitrogen and oxygen atoms in total. The molecule has 90 valence electrons. The SMILES string of the molecule is Cc1cc(Cl)n2nc(-c3cccc(Br)c3)cc2n1. The lowest BCUT2D eigenvalue weighted by atomic mass is 10.2. The highest BCUT2D eigenvalue weighted by Crippen LogP contribution is 2.24. The van der Waals surface area contributed by atoms with E-state index in [2.05, 4.69) is 26.0 Å². The van der Waals surface area contributed by atoms with Crippen molar-refractivity contribution in [2.75, 3.05) is 0 Å². The Morgan fingerprint density at radius 2 is 2.06 bits per heavy atom. The molecule has 0 aliphatic heterocycles. The van der Waals surface area contributed by atoms with Gasteiger partial charge in [0.25, 0.3) is 0 Å². The molecule has 2 heterocycles. The highest BCUT2D eigenvalue weighted by molar-refractivity contribution is 9.10. The summed E-state index contributed by atoms with van der Waals surface area (Å²) < 4.78 is 2.66. The maximum atomic E-state index is 6.15. The third-order valence-corrected chi connectivity index (χ3v) is 3.39. The molecule has 0 spiro atoms. The zero-order chi connectivity index (χ0) is 12.7. The lowest BCUT2D eigenvalue weighted by Gasteiger charge is -1.97. The lowest BCUT2D eigenvalue weighted by molar-refractivity contribution is 0.934. The first-order valence-corrected chi connectivity index (χ1v) is 6.59. The van der Waals surface area contributed by atoms with Crippen LogP contribution in [0.3, 0.4) is 0 Å². The van der Waals surface area contributed by atoms with Crippen LogP contribution in [-0.4, -0.2) is 14.6 Å². The summed E-state index contributed by atoms with van der Waals surface area (Å²) in [7, 11) is 0. The number of benzene rings is 1. The van der Waals surface area contributed by atoms with Gasteiger partial charge in [0.2, 0.25) is 0 Å². The average Bonchev–Trinajstić information content (AvgIpc) is 2.73. The van der Waals surface area contributed by atoms with Crippen LogP contribution in [0.4, 0.5) is 0 Å². The number of nitrogens with zero attached hydrogens (tertiary/aromatic N) is 3. The van der Waals surface area contributed by atoms with Gasteiger partial charge in [0.15, 0.2) is 5.65 Å². The second-order valence-electron chi connectivity index (χ2n) is 4.03. The summed E-state index contributed by atoms with van der Waals surface area (Å²) in [4.78, 5) is 4.41. The van der Waals surface area contributed by atoms with E-state index in [4.69, 9.17) is 11.6 Å². The van der Waals surface area contributed by atoms with Gasteiger partial charge in [0.1, 0.15) is 5.15 Å². The fourth-order valence-electron chi connectivity index (χ4n) is 1.84. The molecule has 0 bridgehead atoms. The van der Waals surface area contributed by atoms with Crippen LogP contribution in [0.25, 0.3) is 16.9 Å². The first-order chi connectivity index (χ1) is 8.63. The fourth-order valence-corrected chi connectivity index (χ4v) is 2.52. The molecule has 0 unspecified atom stereocenters. The molecule has 0 fully saturated rings. The summed E-state index contributed by atoms with van der Waals surface area (Å²) in [6, 6.07) is 11.7. The van der Waals surface area contributed by atoms with Crippen molar-refractivity contribution >= 4 is 33.2 Å². The van der Waals surface area contributed by atoms with E-state index < -0.39 is 0 Å². The van der Waals surface area contributed by atoms with E-state index in [0.717, 1.165) is 27.1 Å². The van der Waals surface area contributed by atoms with Gasteiger partial charge in [-0.15, -0.1) is 0 Å². The molecule has 2 aromatic heterocycles. The van der Waals surface area contributed by atoms with Crippen molar-refractivity contribution < 1.29 is 0 Å². The molecule has 0 N–H and O–H groups in total. The Hall–Kier alpha value is -1.39. The molecule has 0 aliphatic rings. The zero-order valence-electron chi connectivity index (χ0n) is 9.56. The van der Waals surface area contributed by atoms with Crippen molar-refractivity contribution in [2.24, 2.45) is 0 Å². The summed E-state index contributed by atoms with van der Waals surface area (Å²) >= 11 is 9.60. The van der Waals surface area contributed by atoms with Crippen molar-refractivity contribution in [3.63, 3.8) is 0 Å². The van der Waals surface area contributed by atoms with E-state index in [1.807, 2.05) is 37.3 Å². The quantitative estimate of drug-likeness (QED) is 0.631. The third-order valence-electron chi connectivity index (χ3n) is 2.63. The number of aryl methyl sites for hydroxylation is 1. The van der Waals surface area contributed by atoms with Crippen LogP contribution >= 0.6 is 27.5 Å². The zero-order valence-corrected chi connectivity index (χ0v) is 11.9. The summed E-state index contributed by atoms with van der Waals surface area (Å²) in [5.41, 5.74) is 3.53. The van der Waals surface area contributed by atoms with Crippen molar-refractivity contribution in [2.45, 2.75) is 6.92 Å². The third kappa shape index (κ3) is 2.02. The maximum absolute atomic E-state index is 6.15. The van der Waals surface area contributed by atoms with Crippen LogP contribution in [0.5, 0.6) is 0 Å². The molecule has 18 heavy (non-hydrogen) atoms. The Kier molecular flexibility index (Phi) is 2.84. The van der Waals surface area contributed by atoms with Gasteiger partial charge < -0.3 is 0 Å². The lowest BCUT2D eigenvalue weighted by Crippen LogP contribution is -1.93. The van der Waals surface area contributed by atoms with Gasteiger partial charge in [-0.25, -0.2) is 9.50 Å². The minimum Gasteiger partial charge on any atom is -0.234 e. The van der Waals surface area contributed by atoms with Crippen LogP contribution < -0.4 is 0 Å². The van der Waals surface area contributed by atoms with Gasteiger partial charge in [0.05, 0.1) is 5.69 Å². The highest BCUT2D eigenvalue weighted by Gasteiger charge is 2.08. The smallest absolute Gasteiger partial charge is 0.157 e. The minimum absolute atomic E-state index is 0.568. The Bertz CT molecular complexity index is 736. The molecule has 0 atom stereocenters. The Morgan fingerprint density at radius 3 is 2.83 bits per heavy atom. The topological polar surface area (TPSA) is 30.2 Å². The van der Waals surface area contributed by atoms with Crippen molar-refractivity contribution in [1.29, 1.82) is 0 Å². The second kappa shape index (κ2) is 4.37. The molecule has 1 aromatic carbocycles. The summed E-state index contributed by atoms with van der Waals surface area (Å²) in [6.07, 6.45) is 0. The predicted molar refractivity (Wildman–Crippen MR) is 75.9 cm³/mol. The average molecular weight is 323 g/mol. The van der Waals surface area contributed by atoms with Crippen LogP contribution in [0, 0.1) is 6.92 Å². The number of hydrogen-bond acceptors (Lipinski definition) is 2. The molecule has 0 saturated heterocycles. The van der Waals surface area contributed by atoms with Gasteiger partial charge in [0, 0.05) is 21.8 Å². The van der Waals surface area contributed by atoms with Crippen LogP contribution in [0.1, 0.15) is 5.69 Å². The molecule has 3 rings (SSSR count). The van der Waals surface area contributed by atoms with Gasteiger partial charge in [-0.2, -0.15) is 5.10 Å². The van der Waals surface area contributed by atoms with Crippen molar-refractivity contribution in [3.8, 4) is 11.3 Å². The van der Waals surface area contributed by atoms with Gasteiger partial charge in [-0.1, -0.05) is 39.7 Å². The molecule has 0 amide bonds. The van der Waals surface area contributed by atoms with Crippen molar-refractivity contribution in [3.05, 3.63) is 51.7 Å². The monoisotopic (exact) mass is 321 g/mol. The number of halogens is 2. The molecule has 0 saturated carbocycles. The van der Waals surface area contributed by atoms with Crippen LogP contribution in [-0.2, 0) is 0 Å². The summed E-state index contributed by atoms with van der Waals surface area (Å²) in [5.74, 6) is 0. The summed E-state index contributed by atoms with van der Waals surface area (Å²) in [6.45, 7) is 1.91. The fraction of sp³-hybridized carbons (Fsp3) is 0.0769. The molecular formula is C13H9BrClN3. The van der Waals surface area contributed by atoms with E-state index in [0.29, 0.717) is 5.15 Å². The largest absolute Gasteiger partial charge is 0.234 e. The van der Waals surface area contributed by atoms with E-state index >= 15 is 0 Å². The van der Waals surface area contributed by atoms with Gasteiger partial charge in [-0.05, 0) is 25.1 Å². The number of rotatable bonds is 1. The van der Waals surface area contributed by atoms with Crippen LogP contribution in [0.2, 0.25) is 5.15 Å². The van der Waals surface area contributed by atoms with Gasteiger partial charge in [-0.3, -0.25) is 0 Å². The van der Waals surface area contributed by atoms with E-state index in [-0.39, 0.29) is 0 Å². The Morgan fingerprint density at radius 1 is 1.22 bits per heavy atom. The normalized spacial score (nSPS) is 11.1. The van der Waals surface area contributed by atoms with E-state index in [9.17, 15) is 0 Å². The van der Waals surface area contributed by atoms with E-state index in [1.54, 1.807) is 10.6 Å². The number of fused-ring (bicyclic) bond motifs is 1. The molecular weight excluding hydrogens is 314 g/mol. The second-order valence-corrected chi connectivity index (χ2v) is 5.33. The molecule has 3 aromatic rings. The van der Waals surface area contributed by atoms with Crippen LogP contribution in [0.15, 0.2) is 40.9 Å². The van der Waals surface area contributed by atoms with E-state index in [1.165, 1.54) is 0 Å². The molecule has 0 aliphatic carbocycles. The summed E-state index contributed by atoms with van der Waals surface area (Å²) in [5, 5.41) is 5.03. The highest BCUT2D eigenvalue weighted by atomic mass is 79.9. The van der Waals surface area contributed by atoms with Crippen molar-refractivity contribution in [1.82, 2.24) is 14.6 Å². The predicted octanol–water partition coefficient (Wildman–Crippen LogP) is 4.12. The molecule has 0 radical (unpaired) electrons. The Labute approximate surface area is 118 Å².